The van der Waals surface area contributed by atoms with Crippen LogP contribution in [0.2, 0.25) is 0 Å². The number of amides is 1. The van der Waals surface area contributed by atoms with E-state index in [4.69, 9.17) is 9.47 Å². The number of aliphatic hydroxyl groups is 1. The maximum absolute atomic E-state index is 12.0. The minimum atomic E-state index is -0.218. The van der Waals surface area contributed by atoms with Crippen molar-refractivity contribution in [3.63, 3.8) is 0 Å². The Labute approximate surface area is 130 Å². The molecule has 2 N–H and O–H groups in total. The highest BCUT2D eigenvalue weighted by atomic mass is 16.5. The number of benzene rings is 1. The number of rotatable bonds is 5. The zero-order valence-corrected chi connectivity index (χ0v) is 13.0. The van der Waals surface area contributed by atoms with Crippen molar-refractivity contribution in [3.05, 3.63) is 29.8 Å². The van der Waals surface area contributed by atoms with Crippen LogP contribution in [0, 0.1) is 0 Å². The lowest BCUT2D eigenvalue weighted by Gasteiger charge is -2.25. The highest BCUT2D eigenvalue weighted by Crippen LogP contribution is 2.25. The average molecular weight is 305 g/mol. The Morgan fingerprint density at radius 2 is 1.95 bits per heavy atom. The Kier molecular flexibility index (Phi) is 5.83. The molecule has 1 aliphatic rings. The SMILES string of the molecule is COc1ccc(OC)c(C=CC(=O)NC2CCC(O)CC2)c1. The first kappa shape index (κ1) is 16.4. The maximum Gasteiger partial charge on any atom is 0.244 e. The zero-order chi connectivity index (χ0) is 15.9. The van der Waals surface area contributed by atoms with E-state index in [0.29, 0.717) is 11.5 Å². The van der Waals surface area contributed by atoms with E-state index in [2.05, 4.69) is 5.32 Å². The van der Waals surface area contributed by atoms with E-state index >= 15 is 0 Å². The van der Waals surface area contributed by atoms with Gasteiger partial charge in [0.1, 0.15) is 11.5 Å². The molecule has 1 saturated carbocycles. The molecule has 0 unspecified atom stereocenters. The summed E-state index contributed by atoms with van der Waals surface area (Å²) in [6, 6.07) is 5.58. The molecule has 0 aromatic heterocycles. The van der Waals surface area contributed by atoms with Gasteiger partial charge in [-0.1, -0.05) is 0 Å². The summed E-state index contributed by atoms with van der Waals surface area (Å²) in [5.74, 6) is 1.26. The molecule has 5 heteroatoms. The van der Waals surface area contributed by atoms with Gasteiger partial charge in [0.25, 0.3) is 0 Å². The smallest absolute Gasteiger partial charge is 0.244 e. The fraction of sp³-hybridized carbons (Fsp3) is 0.471. The van der Waals surface area contributed by atoms with Crippen LogP contribution in [0.4, 0.5) is 0 Å². The van der Waals surface area contributed by atoms with Gasteiger partial charge in [-0.2, -0.15) is 0 Å². The van der Waals surface area contributed by atoms with Crippen molar-refractivity contribution in [2.45, 2.75) is 37.8 Å². The van der Waals surface area contributed by atoms with Crippen LogP contribution in [0.5, 0.6) is 11.5 Å². The van der Waals surface area contributed by atoms with Gasteiger partial charge in [-0.25, -0.2) is 0 Å². The second kappa shape index (κ2) is 7.84. The summed E-state index contributed by atoms with van der Waals surface area (Å²) in [5.41, 5.74) is 0.788. The van der Waals surface area contributed by atoms with Crippen LogP contribution in [0.25, 0.3) is 6.08 Å². The summed E-state index contributed by atoms with van der Waals surface area (Å²) >= 11 is 0. The third-order valence-electron chi connectivity index (χ3n) is 3.89. The molecule has 2 rings (SSSR count). The molecule has 1 aliphatic carbocycles. The second-order valence-electron chi connectivity index (χ2n) is 5.46. The Balaban J connectivity index is 1.97. The fourth-order valence-electron chi connectivity index (χ4n) is 2.60. The van der Waals surface area contributed by atoms with Gasteiger partial charge in [-0.05, 0) is 50.0 Å². The van der Waals surface area contributed by atoms with E-state index in [-0.39, 0.29) is 18.1 Å². The minimum absolute atomic E-state index is 0.133. The van der Waals surface area contributed by atoms with Gasteiger partial charge in [0.05, 0.1) is 20.3 Å². The van der Waals surface area contributed by atoms with Gasteiger partial charge in [0.15, 0.2) is 0 Å². The molecule has 120 valence electrons. The lowest BCUT2D eigenvalue weighted by molar-refractivity contribution is -0.117. The lowest BCUT2D eigenvalue weighted by atomic mass is 9.93. The largest absolute Gasteiger partial charge is 0.497 e. The quantitative estimate of drug-likeness (QED) is 0.818. The number of nitrogens with one attached hydrogen (secondary N) is 1. The van der Waals surface area contributed by atoms with E-state index in [1.54, 1.807) is 26.4 Å². The summed E-state index contributed by atoms with van der Waals surface area (Å²) in [7, 11) is 3.19. The van der Waals surface area contributed by atoms with Crippen molar-refractivity contribution in [2.24, 2.45) is 0 Å². The molecule has 5 nitrogen and oxygen atoms in total. The van der Waals surface area contributed by atoms with Gasteiger partial charge >= 0.3 is 0 Å². The van der Waals surface area contributed by atoms with Crippen LogP contribution < -0.4 is 14.8 Å². The topological polar surface area (TPSA) is 67.8 Å². The highest BCUT2D eigenvalue weighted by Gasteiger charge is 2.19. The van der Waals surface area contributed by atoms with Crippen molar-refractivity contribution in [1.29, 1.82) is 0 Å². The first-order valence-electron chi connectivity index (χ1n) is 7.51. The molecular formula is C17H23NO4. The second-order valence-corrected chi connectivity index (χ2v) is 5.46. The molecule has 1 amide bonds. The zero-order valence-electron chi connectivity index (χ0n) is 13.0. The molecule has 0 spiro atoms. The first-order valence-corrected chi connectivity index (χ1v) is 7.51. The van der Waals surface area contributed by atoms with Crippen LogP contribution in [0.3, 0.4) is 0 Å². The molecule has 22 heavy (non-hydrogen) atoms. The number of hydrogen-bond donors (Lipinski definition) is 2. The summed E-state index contributed by atoms with van der Waals surface area (Å²) in [5, 5.41) is 12.4. The van der Waals surface area contributed by atoms with E-state index in [0.717, 1.165) is 31.2 Å². The van der Waals surface area contributed by atoms with Gasteiger partial charge in [0.2, 0.25) is 5.91 Å². The van der Waals surface area contributed by atoms with E-state index in [1.165, 1.54) is 6.08 Å². The average Bonchev–Trinajstić information content (AvgIpc) is 2.54. The van der Waals surface area contributed by atoms with Gasteiger partial charge < -0.3 is 19.9 Å². The maximum atomic E-state index is 12.0. The molecule has 0 saturated heterocycles. The number of carbonyl (C=O) groups is 1. The van der Waals surface area contributed by atoms with E-state index in [1.807, 2.05) is 12.1 Å². The molecule has 0 atom stereocenters. The molecule has 0 aliphatic heterocycles. The molecular weight excluding hydrogens is 282 g/mol. The van der Waals surface area contributed by atoms with Crippen LogP contribution >= 0.6 is 0 Å². The number of ether oxygens (including phenoxy) is 2. The molecule has 0 radical (unpaired) electrons. The Morgan fingerprint density at radius 1 is 1.23 bits per heavy atom. The summed E-state index contributed by atoms with van der Waals surface area (Å²) in [4.78, 5) is 12.0. The molecule has 1 fully saturated rings. The van der Waals surface area contributed by atoms with Crippen LogP contribution in [-0.2, 0) is 4.79 Å². The van der Waals surface area contributed by atoms with Crippen LogP contribution in [0.15, 0.2) is 24.3 Å². The predicted molar refractivity (Wildman–Crippen MR) is 85.0 cm³/mol. The lowest BCUT2D eigenvalue weighted by Crippen LogP contribution is -2.37. The third kappa shape index (κ3) is 4.49. The summed E-state index contributed by atoms with van der Waals surface area (Å²) < 4.78 is 10.5. The number of hydrogen-bond acceptors (Lipinski definition) is 4. The van der Waals surface area contributed by atoms with E-state index in [9.17, 15) is 9.90 Å². The van der Waals surface area contributed by atoms with Crippen LogP contribution in [0.1, 0.15) is 31.2 Å². The fourth-order valence-corrected chi connectivity index (χ4v) is 2.60. The van der Waals surface area contributed by atoms with Crippen LogP contribution in [-0.4, -0.2) is 37.4 Å². The normalized spacial score (nSPS) is 21.6. The standard InChI is InChI=1S/C17H23NO4/c1-21-15-8-9-16(22-2)12(11-15)3-10-17(20)18-13-4-6-14(19)7-5-13/h3,8-11,13-14,19H,4-7H2,1-2H3,(H,18,20). The summed E-state index contributed by atoms with van der Waals surface area (Å²) in [6.45, 7) is 0. The molecule has 1 aromatic carbocycles. The van der Waals surface area contributed by atoms with Crippen molar-refractivity contribution >= 4 is 12.0 Å². The third-order valence-corrected chi connectivity index (χ3v) is 3.89. The Morgan fingerprint density at radius 3 is 2.59 bits per heavy atom. The monoisotopic (exact) mass is 305 g/mol. The molecule has 0 bridgehead atoms. The van der Waals surface area contributed by atoms with Crippen molar-refractivity contribution in [2.75, 3.05) is 14.2 Å². The van der Waals surface area contributed by atoms with Gasteiger partial charge in [0, 0.05) is 17.7 Å². The van der Waals surface area contributed by atoms with E-state index < -0.39 is 0 Å². The Hall–Kier alpha value is -2.01. The number of aliphatic hydroxyl groups excluding tert-OH is 1. The number of carbonyl (C=O) groups excluding carboxylic acids is 1. The minimum Gasteiger partial charge on any atom is -0.497 e. The summed E-state index contributed by atoms with van der Waals surface area (Å²) in [6.07, 6.45) is 6.14. The molecule has 0 heterocycles. The van der Waals surface area contributed by atoms with Gasteiger partial charge in [-0.3, -0.25) is 4.79 Å². The predicted octanol–water partition coefficient (Wildman–Crippen LogP) is 2.14. The van der Waals surface area contributed by atoms with Crippen molar-refractivity contribution in [3.8, 4) is 11.5 Å². The first-order chi connectivity index (χ1) is 10.6. The van der Waals surface area contributed by atoms with Crippen molar-refractivity contribution < 1.29 is 19.4 Å². The molecule has 1 aromatic rings. The Bertz CT molecular complexity index is 533. The number of methoxy groups -OCH3 is 2. The van der Waals surface area contributed by atoms with Crippen molar-refractivity contribution in [1.82, 2.24) is 5.32 Å². The highest BCUT2D eigenvalue weighted by molar-refractivity contribution is 5.92. The van der Waals surface area contributed by atoms with Gasteiger partial charge in [-0.15, -0.1) is 0 Å².